The fraction of sp³-hybridized carbons (Fsp3) is 0.400. The van der Waals surface area contributed by atoms with E-state index in [0.29, 0.717) is 0 Å². The number of imidazole rings is 1. The van der Waals surface area contributed by atoms with Crippen molar-refractivity contribution in [3.05, 3.63) is 46.0 Å². The van der Waals surface area contributed by atoms with E-state index in [0.717, 1.165) is 48.7 Å². The summed E-state index contributed by atoms with van der Waals surface area (Å²) >= 11 is 3.56. The molecule has 106 valence electrons. The van der Waals surface area contributed by atoms with Crippen LogP contribution in [-0.4, -0.2) is 23.2 Å². The van der Waals surface area contributed by atoms with Crippen LogP contribution in [0.25, 0.3) is 0 Å². The normalized spacial score (nSPS) is 14.1. The highest BCUT2D eigenvalue weighted by Crippen LogP contribution is 2.23. The minimum atomic E-state index is 0.891. The van der Waals surface area contributed by atoms with Crippen molar-refractivity contribution in [2.45, 2.75) is 25.9 Å². The lowest BCUT2D eigenvalue weighted by Gasteiger charge is -2.18. The molecule has 0 unspecified atom stereocenters. The van der Waals surface area contributed by atoms with Gasteiger partial charge in [0.25, 0.3) is 0 Å². The highest BCUT2D eigenvalue weighted by atomic mass is 79.9. The second-order valence-corrected chi connectivity index (χ2v) is 5.66. The number of fused-ring (bicyclic) bond motifs is 1. The molecule has 2 heterocycles. The van der Waals surface area contributed by atoms with Crippen molar-refractivity contribution in [2.75, 3.05) is 13.7 Å². The standard InChI is InChI=1S/C15H18BrN3O/c1-20-13-5-3-2-4-11(13)6-7-14-18-15(16)12-10-17-8-9-19(12)14/h2-5,17H,6-10H2,1H3. The molecule has 0 amide bonds. The van der Waals surface area contributed by atoms with Crippen molar-refractivity contribution in [2.24, 2.45) is 0 Å². The Kier molecular flexibility index (Phi) is 4.08. The van der Waals surface area contributed by atoms with Crippen molar-refractivity contribution in [3.63, 3.8) is 0 Å². The van der Waals surface area contributed by atoms with E-state index in [9.17, 15) is 0 Å². The zero-order valence-corrected chi connectivity index (χ0v) is 13.1. The summed E-state index contributed by atoms with van der Waals surface area (Å²) in [7, 11) is 1.72. The van der Waals surface area contributed by atoms with Gasteiger partial charge < -0.3 is 14.6 Å². The Hall–Kier alpha value is -1.33. The summed E-state index contributed by atoms with van der Waals surface area (Å²) in [4.78, 5) is 4.66. The first-order chi connectivity index (χ1) is 9.79. The lowest BCUT2D eigenvalue weighted by molar-refractivity contribution is 0.409. The van der Waals surface area contributed by atoms with Crippen molar-refractivity contribution in [1.82, 2.24) is 14.9 Å². The third-order valence-corrected chi connectivity index (χ3v) is 4.35. The van der Waals surface area contributed by atoms with E-state index in [4.69, 9.17) is 4.74 Å². The molecule has 0 aliphatic carbocycles. The van der Waals surface area contributed by atoms with Crippen LogP contribution in [-0.2, 0) is 25.9 Å². The number of rotatable bonds is 4. The summed E-state index contributed by atoms with van der Waals surface area (Å²) in [6, 6.07) is 8.19. The van der Waals surface area contributed by atoms with E-state index in [1.165, 1.54) is 11.3 Å². The molecule has 0 saturated heterocycles. The number of para-hydroxylation sites is 1. The van der Waals surface area contributed by atoms with Gasteiger partial charge in [-0.05, 0) is 34.0 Å². The van der Waals surface area contributed by atoms with Crippen LogP contribution in [0.3, 0.4) is 0 Å². The molecule has 1 aliphatic rings. The van der Waals surface area contributed by atoms with Gasteiger partial charge in [-0.15, -0.1) is 0 Å². The molecule has 0 bridgehead atoms. The number of aromatic nitrogens is 2. The molecule has 3 rings (SSSR count). The predicted octanol–water partition coefficient (Wildman–Crippen LogP) is 2.54. The first kappa shape index (κ1) is 13.6. The maximum atomic E-state index is 5.41. The third-order valence-electron chi connectivity index (χ3n) is 3.72. The van der Waals surface area contributed by atoms with Crippen LogP contribution in [0.5, 0.6) is 5.75 Å². The van der Waals surface area contributed by atoms with E-state index in [2.05, 4.69) is 42.9 Å². The van der Waals surface area contributed by atoms with Crippen LogP contribution in [0.2, 0.25) is 0 Å². The molecule has 0 fully saturated rings. The minimum absolute atomic E-state index is 0.891. The highest BCUT2D eigenvalue weighted by Gasteiger charge is 2.18. The predicted molar refractivity (Wildman–Crippen MR) is 82.0 cm³/mol. The molecule has 4 nitrogen and oxygen atoms in total. The zero-order chi connectivity index (χ0) is 13.9. The Morgan fingerprint density at radius 1 is 1.35 bits per heavy atom. The molecule has 20 heavy (non-hydrogen) atoms. The first-order valence-corrected chi connectivity index (χ1v) is 7.65. The average Bonchev–Trinajstić information content (AvgIpc) is 2.82. The van der Waals surface area contributed by atoms with Gasteiger partial charge in [-0.2, -0.15) is 0 Å². The Bertz CT molecular complexity index is 609. The van der Waals surface area contributed by atoms with Gasteiger partial charge in [0.15, 0.2) is 0 Å². The number of hydrogen-bond donors (Lipinski definition) is 1. The Labute approximate surface area is 127 Å². The zero-order valence-electron chi connectivity index (χ0n) is 11.5. The largest absolute Gasteiger partial charge is 0.496 e. The molecule has 1 aromatic heterocycles. The summed E-state index contributed by atoms with van der Waals surface area (Å²) in [5.74, 6) is 2.11. The van der Waals surface area contributed by atoms with Gasteiger partial charge in [0.05, 0.1) is 12.8 Å². The Morgan fingerprint density at radius 3 is 3.05 bits per heavy atom. The topological polar surface area (TPSA) is 39.1 Å². The van der Waals surface area contributed by atoms with Crippen molar-refractivity contribution in [1.29, 1.82) is 0 Å². The molecule has 0 atom stereocenters. The van der Waals surface area contributed by atoms with Gasteiger partial charge in [-0.25, -0.2) is 4.98 Å². The van der Waals surface area contributed by atoms with Crippen LogP contribution in [0.1, 0.15) is 17.1 Å². The molecular formula is C15H18BrN3O. The van der Waals surface area contributed by atoms with Crippen LogP contribution < -0.4 is 10.1 Å². The number of aryl methyl sites for hydroxylation is 2. The number of benzene rings is 1. The van der Waals surface area contributed by atoms with E-state index < -0.39 is 0 Å². The third kappa shape index (κ3) is 2.60. The minimum Gasteiger partial charge on any atom is -0.496 e. The van der Waals surface area contributed by atoms with Crippen LogP contribution in [0, 0.1) is 0 Å². The van der Waals surface area contributed by atoms with E-state index in [-0.39, 0.29) is 0 Å². The van der Waals surface area contributed by atoms with E-state index in [1.54, 1.807) is 7.11 Å². The van der Waals surface area contributed by atoms with Crippen LogP contribution >= 0.6 is 15.9 Å². The van der Waals surface area contributed by atoms with Crippen LogP contribution in [0.15, 0.2) is 28.9 Å². The molecule has 1 aromatic carbocycles. The van der Waals surface area contributed by atoms with Crippen LogP contribution in [0.4, 0.5) is 0 Å². The number of methoxy groups -OCH3 is 1. The summed E-state index contributed by atoms with van der Waals surface area (Å²) in [6.45, 7) is 2.90. The first-order valence-electron chi connectivity index (χ1n) is 6.86. The van der Waals surface area contributed by atoms with Gasteiger partial charge in [-0.3, -0.25) is 0 Å². The molecule has 1 aliphatic heterocycles. The number of halogens is 1. The SMILES string of the molecule is COc1ccccc1CCc1nc(Br)c2n1CCNC2. The van der Waals surface area contributed by atoms with Gasteiger partial charge in [0, 0.05) is 26.1 Å². The van der Waals surface area contributed by atoms with Crippen molar-refractivity contribution >= 4 is 15.9 Å². The summed E-state index contributed by atoms with van der Waals surface area (Å²) in [5, 5.41) is 3.38. The smallest absolute Gasteiger partial charge is 0.128 e. The highest BCUT2D eigenvalue weighted by molar-refractivity contribution is 9.10. The molecule has 0 radical (unpaired) electrons. The Balaban J connectivity index is 1.79. The molecule has 0 saturated carbocycles. The monoisotopic (exact) mass is 335 g/mol. The van der Waals surface area contributed by atoms with E-state index in [1.807, 2.05) is 12.1 Å². The molecule has 5 heteroatoms. The maximum absolute atomic E-state index is 5.41. The van der Waals surface area contributed by atoms with Gasteiger partial charge >= 0.3 is 0 Å². The number of nitrogens with zero attached hydrogens (tertiary/aromatic N) is 2. The second kappa shape index (κ2) is 5.97. The van der Waals surface area contributed by atoms with Crippen molar-refractivity contribution < 1.29 is 4.74 Å². The number of hydrogen-bond acceptors (Lipinski definition) is 3. The second-order valence-electron chi connectivity index (χ2n) is 4.91. The van der Waals surface area contributed by atoms with Gasteiger partial charge in [0.2, 0.25) is 0 Å². The maximum Gasteiger partial charge on any atom is 0.128 e. The number of nitrogens with one attached hydrogen (secondary N) is 1. The summed E-state index contributed by atoms with van der Waals surface area (Å²) in [6.07, 6.45) is 1.87. The quantitative estimate of drug-likeness (QED) is 0.933. The summed E-state index contributed by atoms with van der Waals surface area (Å²) in [5.41, 5.74) is 2.49. The fourth-order valence-corrected chi connectivity index (χ4v) is 3.24. The van der Waals surface area contributed by atoms with Gasteiger partial charge in [-0.1, -0.05) is 18.2 Å². The number of ether oxygens (including phenoxy) is 1. The molecule has 1 N–H and O–H groups in total. The fourth-order valence-electron chi connectivity index (χ4n) is 2.68. The van der Waals surface area contributed by atoms with Crippen molar-refractivity contribution in [3.8, 4) is 5.75 Å². The van der Waals surface area contributed by atoms with E-state index >= 15 is 0 Å². The molecule has 2 aromatic rings. The Morgan fingerprint density at radius 2 is 2.20 bits per heavy atom. The summed E-state index contributed by atoms with van der Waals surface area (Å²) < 4.78 is 8.71. The average molecular weight is 336 g/mol. The van der Waals surface area contributed by atoms with Gasteiger partial charge in [0.1, 0.15) is 16.2 Å². The lowest BCUT2D eigenvalue weighted by Crippen LogP contribution is -2.28. The molecule has 0 spiro atoms. The molecular weight excluding hydrogens is 318 g/mol. The lowest BCUT2D eigenvalue weighted by atomic mass is 10.1.